The van der Waals surface area contributed by atoms with Crippen molar-refractivity contribution in [3.05, 3.63) is 23.8 Å². The molecule has 0 aliphatic heterocycles. The minimum absolute atomic E-state index is 0. The van der Waals surface area contributed by atoms with Crippen molar-refractivity contribution < 1.29 is 46.7 Å². The summed E-state index contributed by atoms with van der Waals surface area (Å²) in [5.41, 5.74) is 3.14. The van der Waals surface area contributed by atoms with E-state index in [4.69, 9.17) is 14.2 Å². The number of ether oxygens (including phenoxy) is 3. The first-order chi connectivity index (χ1) is 13.4. The number of methoxy groups -OCH3 is 1. The molecule has 0 aliphatic rings. The molecule has 0 heterocycles. The molecule has 8 heteroatoms. The second-order valence-corrected chi connectivity index (χ2v) is 8.46. The van der Waals surface area contributed by atoms with E-state index in [0.29, 0.717) is 24.8 Å². The second-order valence-electron chi connectivity index (χ2n) is 8.46. The Bertz CT molecular complexity index is 760. The topological polar surface area (TPSA) is 107 Å². The quantitative estimate of drug-likeness (QED) is 0.415. The van der Waals surface area contributed by atoms with E-state index in [1.165, 1.54) is 7.11 Å². The highest BCUT2D eigenvalue weighted by molar-refractivity contribution is 5.81. The first-order valence-corrected chi connectivity index (χ1v) is 9.86. The third kappa shape index (κ3) is 7.29. The number of halogens is 1. The Labute approximate surface area is 185 Å². The third-order valence-electron chi connectivity index (χ3n) is 5.30. The number of benzene rings is 1. The molecule has 0 unspecified atom stereocenters. The molecule has 7 nitrogen and oxygen atoms in total. The second kappa shape index (κ2) is 11.3. The van der Waals surface area contributed by atoms with Crippen molar-refractivity contribution in [3.8, 4) is 11.5 Å². The molecule has 0 spiro atoms. The zero-order valence-electron chi connectivity index (χ0n) is 19.0. The van der Waals surface area contributed by atoms with Gasteiger partial charge < -0.3 is 32.4 Å². The summed E-state index contributed by atoms with van der Waals surface area (Å²) in [6, 6.07) is 4.28. The van der Waals surface area contributed by atoms with E-state index in [1.807, 2.05) is 13.8 Å². The van der Waals surface area contributed by atoms with Crippen LogP contribution in [0.25, 0.3) is 0 Å². The average Bonchev–Trinajstić information content (AvgIpc) is 2.68. The van der Waals surface area contributed by atoms with E-state index in [2.05, 4.69) is 5.73 Å². The van der Waals surface area contributed by atoms with Crippen molar-refractivity contribution in [3.63, 3.8) is 0 Å². The molecule has 1 aromatic carbocycles. The number of quaternary nitrogens is 1. The number of carbonyl (C=O) groups is 3. The summed E-state index contributed by atoms with van der Waals surface area (Å²) < 4.78 is 15.9. The van der Waals surface area contributed by atoms with E-state index >= 15 is 0 Å². The van der Waals surface area contributed by atoms with Crippen molar-refractivity contribution in [2.24, 2.45) is 10.8 Å². The average molecular weight is 444 g/mol. The van der Waals surface area contributed by atoms with Crippen LogP contribution in [0.5, 0.6) is 11.5 Å². The number of hydrogen-bond donors (Lipinski definition) is 1. The fourth-order valence-electron chi connectivity index (χ4n) is 2.14. The van der Waals surface area contributed by atoms with Crippen LogP contribution in [-0.2, 0) is 25.5 Å². The summed E-state index contributed by atoms with van der Waals surface area (Å²) in [5.74, 6) is -0.964. The Morgan fingerprint density at radius 3 is 1.83 bits per heavy atom. The van der Waals surface area contributed by atoms with Gasteiger partial charge in [0, 0.05) is 6.42 Å². The molecule has 0 saturated carbocycles. The summed E-state index contributed by atoms with van der Waals surface area (Å²) in [4.78, 5) is 36.8. The van der Waals surface area contributed by atoms with Crippen LogP contribution >= 0.6 is 0 Å². The summed E-state index contributed by atoms with van der Waals surface area (Å²) in [7, 11) is 1.30. The van der Waals surface area contributed by atoms with Gasteiger partial charge in [-0.2, -0.15) is 0 Å². The van der Waals surface area contributed by atoms with Crippen LogP contribution in [0.3, 0.4) is 0 Å². The van der Waals surface area contributed by atoms with Crippen LogP contribution in [-0.4, -0.2) is 31.1 Å². The summed E-state index contributed by atoms with van der Waals surface area (Å²) >= 11 is 0. The summed E-state index contributed by atoms with van der Waals surface area (Å²) in [5, 5.41) is 0. The van der Waals surface area contributed by atoms with Gasteiger partial charge in [0.1, 0.15) is 0 Å². The zero-order chi connectivity index (χ0) is 22.4. The van der Waals surface area contributed by atoms with Crippen molar-refractivity contribution in [1.82, 2.24) is 0 Å². The molecule has 1 rings (SSSR count). The fourth-order valence-corrected chi connectivity index (χ4v) is 2.14. The van der Waals surface area contributed by atoms with Gasteiger partial charge in [0.05, 0.1) is 17.9 Å². The number of hydrogen-bond acceptors (Lipinski definition) is 6. The Kier molecular flexibility index (Phi) is 10.5. The lowest BCUT2D eigenvalue weighted by Crippen LogP contribution is -3.00. The highest BCUT2D eigenvalue weighted by Gasteiger charge is 2.31. The molecule has 30 heavy (non-hydrogen) atoms. The Morgan fingerprint density at radius 2 is 1.40 bits per heavy atom. The monoisotopic (exact) mass is 443 g/mol. The number of esters is 3. The van der Waals surface area contributed by atoms with E-state index < -0.39 is 34.8 Å². The highest BCUT2D eigenvalue weighted by Crippen LogP contribution is 2.34. The lowest BCUT2D eigenvalue weighted by molar-refractivity contribution is -0.407. The van der Waals surface area contributed by atoms with E-state index in [1.54, 1.807) is 45.9 Å². The van der Waals surface area contributed by atoms with Crippen molar-refractivity contribution in [2.45, 2.75) is 66.8 Å². The third-order valence-corrected chi connectivity index (χ3v) is 5.30. The Morgan fingerprint density at radius 1 is 0.933 bits per heavy atom. The lowest BCUT2D eigenvalue weighted by Gasteiger charge is -2.23. The maximum Gasteiger partial charge on any atom is 0.364 e. The van der Waals surface area contributed by atoms with Crippen LogP contribution in [0.15, 0.2) is 18.2 Å². The first kappa shape index (κ1) is 27.9. The summed E-state index contributed by atoms with van der Waals surface area (Å²) in [6.07, 6.45) is 1.49. The molecular weight excluding hydrogens is 410 g/mol. The Hall–Kier alpha value is -2.12. The molecule has 3 N–H and O–H groups in total. The molecule has 0 bridgehead atoms. The maximum atomic E-state index is 12.6. The van der Waals surface area contributed by atoms with E-state index in [0.717, 1.165) is 0 Å². The predicted molar refractivity (Wildman–Crippen MR) is 108 cm³/mol. The fraction of sp³-hybridized carbons (Fsp3) is 0.591. The number of rotatable bonds is 9. The van der Waals surface area contributed by atoms with Crippen LogP contribution in [0.2, 0.25) is 0 Å². The largest absolute Gasteiger partial charge is 1.00 e. The SMILES string of the molecule is CCC(C)(C)C(=O)Oc1ccc(C[C@H]([NH3+])C(=O)OC)cc1OC(=O)C(C)(C)CC.[Cl-]. The van der Waals surface area contributed by atoms with Crippen LogP contribution in [0.1, 0.15) is 59.9 Å². The van der Waals surface area contributed by atoms with Crippen LogP contribution < -0.4 is 27.6 Å². The van der Waals surface area contributed by atoms with Crippen molar-refractivity contribution >= 4 is 17.9 Å². The standard InChI is InChI=1S/C22H33NO6.ClH/c1-8-21(3,4)19(25)28-16-11-10-14(12-15(23)18(24)27-7)13-17(16)29-20(26)22(5,6)9-2;/h10-11,13,15H,8-9,12,23H2,1-7H3;1H/t15-;/m0./s1. The van der Waals surface area contributed by atoms with E-state index in [9.17, 15) is 14.4 Å². The van der Waals surface area contributed by atoms with Crippen LogP contribution in [0.4, 0.5) is 0 Å². The van der Waals surface area contributed by atoms with Gasteiger partial charge in [0.2, 0.25) is 0 Å². The molecule has 0 fully saturated rings. The molecule has 170 valence electrons. The summed E-state index contributed by atoms with van der Waals surface area (Å²) in [6.45, 7) is 10.9. The van der Waals surface area contributed by atoms with Gasteiger partial charge >= 0.3 is 17.9 Å². The highest BCUT2D eigenvalue weighted by atomic mass is 35.5. The van der Waals surface area contributed by atoms with Gasteiger partial charge in [-0.25, -0.2) is 4.79 Å². The van der Waals surface area contributed by atoms with E-state index in [-0.39, 0.29) is 23.9 Å². The lowest BCUT2D eigenvalue weighted by atomic mass is 9.90. The molecule has 0 aromatic heterocycles. The predicted octanol–water partition coefficient (Wildman–Crippen LogP) is -0.300. The molecule has 1 atom stereocenters. The molecule has 0 radical (unpaired) electrons. The van der Waals surface area contributed by atoms with Gasteiger partial charge in [-0.1, -0.05) is 19.9 Å². The van der Waals surface area contributed by atoms with Gasteiger partial charge in [0.15, 0.2) is 17.5 Å². The van der Waals surface area contributed by atoms with Crippen molar-refractivity contribution in [1.29, 1.82) is 0 Å². The van der Waals surface area contributed by atoms with Gasteiger partial charge in [-0.15, -0.1) is 0 Å². The molecule has 0 aliphatic carbocycles. The number of carbonyl (C=O) groups excluding carboxylic acids is 3. The molecular formula is C22H34ClNO6. The first-order valence-electron chi connectivity index (χ1n) is 9.86. The van der Waals surface area contributed by atoms with Gasteiger partial charge in [0.25, 0.3) is 0 Å². The smallest absolute Gasteiger partial charge is 0.364 e. The van der Waals surface area contributed by atoms with Gasteiger partial charge in [-0.3, -0.25) is 9.59 Å². The normalized spacial score (nSPS) is 12.4. The minimum atomic E-state index is -0.694. The van der Waals surface area contributed by atoms with Gasteiger partial charge in [-0.05, 0) is 58.2 Å². The van der Waals surface area contributed by atoms with Crippen molar-refractivity contribution in [2.75, 3.05) is 7.11 Å². The zero-order valence-corrected chi connectivity index (χ0v) is 19.7. The molecule has 0 amide bonds. The molecule has 0 saturated heterocycles. The minimum Gasteiger partial charge on any atom is -1.00 e. The Balaban J connectivity index is 0.00000841. The maximum absolute atomic E-state index is 12.6. The van der Waals surface area contributed by atoms with Crippen LogP contribution in [0, 0.1) is 10.8 Å². The molecule has 1 aromatic rings.